The van der Waals surface area contributed by atoms with Gasteiger partial charge in [-0.05, 0) is 39.0 Å². The van der Waals surface area contributed by atoms with Crippen LogP contribution in [-0.4, -0.2) is 58.1 Å². The fourth-order valence-corrected chi connectivity index (χ4v) is 4.28. The molecule has 0 spiro atoms. The molecule has 0 radical (unpaired) electrons. The minimum absolute atomic E-state index is 0.0191. The topological polar surface area (TPSA) is 81.4 Å². The minimum Gasteiger partial charge on any atom is -0.382 e. The molecular weight excluding hydrogens is 346 g/mol. The SMILES string of the molecule is CCOCCCNC(=O)N1CCCC(c2nn(C)c(=O)n2C2CCCC2)C1. The molecule has 1 aromatic rings. The molecule has 2 heterocycles. The van der Waals surface area contributed by atoms with Gasteiger partial charge in [0, 0.05) is 51.9 Å². The molecule has 2 amide bonds. The van der Waals surface area contributed by atoms with E-state index >= 15 is 0 Å². The Balaban J connectivity index is 1.63. The van der Waals surface area contributed by atoms with Crippen LogP contribution in [0.5, 0.6) is 0 Å². The van der Waals surface area contributed by atoms with Crippen molar-refractivity contribution in [2.45, 2.75) is 63.8 Å². The molecule has 1 aliphatic heterocycles. The van der Waals surface area contributed by atoms with Gasteiger partial charge in [0.15, 0.2) is 0 Å². The van der Waals surface area contributed by atoms with Crippen LogP contribution in [0.2, 0.25) is 0 Å². The third-order valence-electron chi connectivity index (χ3n) is 5.69. The number of urea groups is 1. The maximum absolute atomic E-state index is 12.6. The summed E-state index contributed by atoms with van der Waals surface area (Å²) in [6, 6.07) is 0.242. The molecule has 1 saturated carbocycles. The van der Waals surface area contributed by atoms with Gasteiger partial charge in [0.2, 0.25) is 0 Å². The lowest BCUT2D eigenvalue weighted by Crippen LogP contribution is -2.45. The second-order valence-electron chi connectivity index (χ2n) is 7.64. The lowest BCUT2D eigenvalue weighted by Gasteiger charge is -2.32. The molecule has 1 unspecified atom stereocenters. The highest BCUT2D eigenvalue weighted by Crippen LogP contribution is 2.33. The standard InChI is InChI=1S/C19H33N5O3/c1-3-27-13-7-11-20-18(25)23-12-6-8-15(14-23)17-21-22(2)19(26)24(17)16-9-4-5-10-16/h15-16H,3-14H2,1-2H3,(H,20,25). The number of carbonyl (C=O) groups is 1. The molecule has 0 bridgehead atoms. The van der Waals surface area contributed by atoms with E-state index in [1.54, 1.807) is 7.05 Å². The van der Waals surface area contributed by atoms with Gasteiger partial charge in [-0.25, -0.2) is 14.3 Å². The predicted octanol–water partition coefficient (Wildman–Crippen LogP) is 2.01. The summed E-state index contributed by atoms with van der Waals surface area (Å²) in [4.78, 5) is 27.0. The monoisotopic (exact) mass is 379 g/mol. The summed E-state index contributed by atoms with van der Waals surface area (Å²) in [5, 5.41) is 7.54. The number of nitrogens with zero attached hydrogens (tertiary/aromatic N) is 4. The van der Waals surface area contributed by atoms with Crippen molar-refractivity contribution in [2.24, 2.45) is 7.05 Å². The van der Waals surface area contributed by atoms with Gasteiger partial charge in [-0.3, -0.25) is 4.57 Å². The van der Waals surface area contributed by atoms with Crippen LogP contribution < -0.4 is 11.0 Å². The van der Waals surface area contributed by atoms with Gasteiger partial charge in [-0.2, -0.15) is 5.10 Å². The summed E-state index contributed by atoms with van der Waals surface area (Å²) in [6.45, 7) is 5.34. The van der Waals surface area contributed by atoms with Crippen LogP contribution in [0.3, 0.4) is 0 Å². The summed E-state index contributed by atoms with van der Waals surface area (Å²) < 4.78 is 8.68. The summed E-state index contributed by atoms with van der Waals surface area (Å²) >= 11 is 0. The number of aryl methyl sites for hydroxylation is 1. The van der Waals surface area contributed by atoms with E-state index in [0.29, 0.717) is 26.3 Å². The molecule has 3 rings (SSSR count). The number of aromatic nitrogens is 3. The van der Waals surface area contributed by atoms with E-state index in [4.69, 9.17) is 4.74 Å². The van der Waals surface area contributed by atoms with Crippen LogP contribution >= 0.6 is 0 Å². The first-order valence-electron chi connectivity index (χ1n) is 10.4. The molecule has 1 aliphatic carbocycles. The summed E-state index contributed by atoms with van der Waals surface area (Å²) in [7, 11) is 1.73. The maximum Gasteiger partial charge on any atom is 0.345 e. The van der Waals surface area contributed by atoms with Gasteiger partial charge < -0.3 is 15.0 Å². The number of likely N-dealkylation sites (tertiary alicyclic amines) is 1. The van der Waals surface area contributed by atoms with Crippen LogP contribution in [0.25, 0.3) is 0 Å². The fourth-order valence-electron chi connectivity index (χ4n) is 4.28. The Kier molecular flexibility index (Phi) is 6.93. The first kappa shape index (κ1) is 19.9. The van der Waals surface area contributed by atoms with E-state index in [-0.39, 0.29) is 23.7 Å². The number of piperidine rings is 1. The van der Waals surface area contributed by atoms with Gasteiger partial charge in [0.25, 0.3) is 0 Å². The highest BCUT2D eigenvalue weighted by atomic mass is 16.5. The first-order chi connectivity index (χ1) is 13.1. The van der Waals surface area contributed by atoms with Crippen molar-refractivity contribution in [3.05, 3.63) is 16.3 Å². The van der Waals surface area contributed by atoms with E-state index in [9.17, 15) is 9.59 Å². The molecule has 27 heavy (non-hydrogen) atoms. The summed E-state index contributed by atoms with van der Waals surface area (Å²) in [6.07, 6.45) is 7.17. The normalized spacial score (nSPS) is 21.0. The Labute approximate surface area is 160 Å². The van der Waals surface area contributed by atoms with E-state index in [0.717, 1.165) is 44.5 Å². The number of ether oxygens (including phenoxy) is 1. The van der Waals surface area contributed by atoms with E-state index in [1.165, 1.54) is 17.5 Å². The zero-order valence-corrected chi connectivity index (χ0v) is 16.7. The molecule has 1 atom stereocenters. The van der Waals surface area contributed by atoms with Crippen molar-refractivity contribution in [2.75, 3.05) is 32.8 Å². The van der Waals surface area contributed by atoms with Gasteiger partial charge in [0.1, 0.15) is 5.82 Å². The van der Waals surface area contributed by atoms with Crippen molar-refractivity contribution in [3.63, 3.8) is 0 Å². The Morgan fingerprint density at radius 1 is 1.26 bits per heavy atom. The molecule has 152 valence electrons. The van der Waals surface area contributed by atoms with Gasteiger partial charge in [-0.1, -0.05) is 12.8 Å². The molecule has 2 fully saturated rings. The van der Waals surface area contributed by atoms with Crippen molar-refractivity contribution in [3.8, 4) is 0 Å². The molecule has 1 N–H and O–H groups in total. The van der Waals surface area contributed by atoms with Crippen molar-refractivity contribution >= 4 is 6.03 Å². The van der Waals surface area contributed by atoms with Crippen LogP contribution in [0.4, 0.5) is 4.79 Å². The quantitative estimate of drug-likeness (QED) is 0.735. The minimum atomic E-state index is -0.0260. The maximum atomic E-state index is 12.6. The highest BCUT2D eigenvalue weighted by molar-refractivity contribution is 5.74. The first-order valence-corrected chi connectivity index (χ1v) is 10.4. The number of amides is 2. The number of carbonyl (C=O) groups excluding carboxylic acids is 1. The van der Waals surface area contributed by atoms with Gasteiger partial charge in [0.05, 0.1) is 0 Å². The van der Waals surface area contributed by atoms with Crippen LogP contribution in [0, 0.1) is 0 Å². The van der Waals surface area contributed by atoms with Gasteiger partial charge >= 0.3 is 11.7 Å². The van der Waals surface area contributed by atoms with Gasteiger partial charge in [-0.15, -0.1) is 0 Å². The van der Waals surface area contributed by atoms with E-state index in [1.807, 2.05) is 16.4 Å². The van der Waals surface area contributed by atoms with Crippen molar-refractivity contribution in [1.29, 1.82) is 0 Å². The Hall–Kier alpha value is -1.83. The third-order valence-corrected chi connectivity index (χ3v) is 5.69. The second-order valence-corrected chi connectivity index (χ2v) is 7.64. The number of nitrogens with one attached hydrogen (secondary N) is 1. The van der Waals surface area contributed by atoms with Crippen LogP contribution in [-0.2, 0) is 11.8 Å². The molecule has 1 aromatic heterocycles. The fraction of sp³-hybridized carbons (Fsp3) is 0.842. The Morgan fingerprint density at radius 3 is 2.78 bits per heavy atom. The average molecular weight is 380 g/mol. The van der Waals surface area contributed by atoms with Crippen molar-refractivity contribution in [1.82, 2.24) is 24.6 Å². The molecule has 2 aliphatic rings. The summed E-state index contributed by atoms with van der Waals surface area (Å²) in [5.41, 5.74) is -0.0191. The summed E-state index contributed by atoms with van der Waals surface area (Å²) in [5.74, 6) is 0.991. The number of rotatable bonds is 7. The zero-order valence-electron chi connectivity index (χ0n) is 16.7. The molecule has 0 aromatic carbocycles. The molecular formula is C19H33N5O3. The second kappa shape index (κ2) is 9.39. The van der Waals surface area contributed by atoms with E-state index in [2.05, 4.69) is 10.4 Å². The zero-order chi connectivity index (χ0) is 19.2. The molecule has 8 heteroatoms. The smallest absolute Gasteiger partial charge is 0.345 e. The molecule has 1 saturated heterocycles. The Bertz CT molecular complexity index is 677. The highest BCUT2D eigenvalue weighted by Gasteiger charge is 2.32. The van der Waals surface area contributed by atoms with E-state index < -0.39 is 0 Å². The third kappa shape index (κ3) is 4.72. The Morgan fingerprint density at radius 2 is 2.04 bits per heavy atom. The van der Waals surface area contributed by atoms with Crippen LogP contribution in [0.15, 0.2) is 4.79 Å². The van der Waals surface area contributed by atoms with Crippen LogP contribution in [0.1, 0.15) is 69.7 Å². The average Bonchev–Trinajstić information content (AvgIpc) is 3.30. The molecule has 8 nitrogen and oxygen atoms in total. The lowest BCUT2D eigenvalue weighted by molar-refractivity contribution is 0.143. The number of hydrogen-bond acceptors (Lipinski definition) is 4. The van der Waals surface area contributed by atoms with Crippen molar-refractivity contribution < 1.29 is 9.53 Å². The number of hydrogen-bond donors (Lipinski definition) is 1. The predicted molar refractivity (Wildman–Crippen MR) is 103 cm³/mol. The largest absolute Gasteiger partial charge is 0.382 e. The lowest BCUT2D eigenvalue weighted by atomic mass is 9.97.